The Hall–Kier alpha value is -1.93. The van der Waals surface area contributed by atoms with E-state index in [2.05, 4.69) is 19.9 Å². The molecule has 1 unspecified atom stereocenters. The Morgan fingerprint density at radius 2 is 2.18 bits per heavy atom. The monoisotopic (exact) mass is 237 g/mol. The fourth-order valence-electron chi connectivity index (χ4n) is 1.74. The number of fused-ring (bicyclic) bond motifs is 1. The van der Waals surface area contributed by atoms with E-state index in [0.717, 1.165) is 0 Å². The SMILES string of the molecule is Nc1nc2nc(C3COCCO3)[nH]c2c(=O)[nH]1. The summed E-state index contributed by atoms with van der Waals surface area (Å²) in [6.45, 7) is 1.49. The van der Waals surface area contributed by atoms with E-state index >= 15 is 0 Å². The number of hydrogen-bond donors (Lipinski definition) is 3. The summed E-state index contributed by atoms with van der Waals surface area (Å²) in [5.74, 6) is 0.574. The predicted molar refractivity (Wildman–Crippen MR) is 58.4 cm³/mol. The first kappa shape index (κ1) is 10.2. The van der Waals surface area contributed by atoms with Crippen LogP contribution in [0.4, 0.5) is 5.95 Å². The molecule has 3 rings (SSSR count). The molecule has 8 heteroatoms. The smallest absolute Gasteiger partial charge is 0.278 e. The second kappa shape index (κ2) is 3.82. The maximum absolute atomic E-state index is 11.6. The predicted octanol–water partition coefficient (Wildman–Crippen LogP) is -0.684. The van der Waals surface area contributed by atoms with Crippen LogP contribution in [0.1, 0.15) is 11.9 Å². The van der Waals surface area contributed by atoms with E-state index in [1.54, 1.807) is 0 Å². The summed E-state index contributed by atoms with van der Waals surface area (Å²) >= 11 is 0. The van der Waals surface area contributed by atoms with Crippen LogP contribution in [0.5, 0.6) is 0 Å². The average molecular weight is 237 g/mol. The molecule has 2 aromatic rings. The zero-order valence-electron chi connectivity index (χ0n) is 8.90. The van der Waals surface area contributed by atoms with Crippen molar-refractivity contribution >= 4 is 17.1 Å². The van der Waals surface area contributed by atoms with Gasteiger partial charge in [0.25, 0.3) is 5.56 Å². The van der Waals surface area contributed by atoms with Crippen LogP contribution in [-0.4, -0.2) is 39.8 Å². The lowest BCUT2D eigenvalue weighted by Gasteiger charge is -2.20. The van der Waals surface area contributed by atoms with Crippen LogP contribution in [0.15, 0.2) is 4.79 Å². The molecule has 1 aliphatic heterocycles. The van der Waals surface area contributed by atoms with E-state index in [9.17, 15) is 4.79 Å². The highest BCUT2D eigenvalue weighted by Crippen LogP contribution is 2.19. The minimum absolute atomic E-state index is 0.0429. The highest BCUT2D eigenvalue weighted by atomic mass is 16.6. The second-order valence-electron chi connectivity index (χ2n) is 3.71. The van der Waals surface area contributed by atoms with Gasteiger partial charge in [-0.25, -0.2) is 4.98 Å². The highest BCUT2D eigenvalue weighted by Gasteiger charge is 2.21. The summed E-state index contributed by atoms with van der Waals surface area (Å²) in [7, 11) is 0. The molecule has 8 nitrogen and oxygen atoms in total. The first-order chi connectivity index (χ1) is 8.24. The Morgan fingerprint density at radius 3 is 2.94 bits per heavy atom. The van der Waals surface area contributed by atoms with Crippen LogP contribution in [0, 0.1) is 0 Å². The molecule has 0 radical (unpaired) electrons. The van der Waals surface area contributed by atoms with E-state index in [1.807, 2.05) is 0 Å². The Bertz CT molecular complexity index is 598. The number of nitrogens with one attached hydrogen (secondary N) is 2. The highest BCUT2D eigenvalue weighted by molar-refractivity contribution is 5.70. The third kappa shape index (κ3) is 1.77. The van der Waals surface area contributed by atoms with Gasteiger partial charge in [0.1, 0.15) is 11.9 Å². The van der Waals surface area contributed by atoms with E-state index in [-0.39, 0.29) is 23.3 Å². The molecule has 0 aliphatic carbocycles. The van der Waals surface area contributed by atoms with Crippen molar-refractivity contribution < 1.29 is 9.47 Å². The van der Waals surface area contributed by atoms with Gasteiger partial charge in [0.2, 0.25) is 5.95 Å². The quantitative estimate of drug-likeness (QED) is 0.604. The fourth-order valence-corrected chi connectivity index (χ4v) is 1.74. The first-order valence-corrected chi connectivity index (χ1v) is 5.19. The van der Waals surface area contributed by atoms with Crippen molar-refractivity contribution in [2.75, 3.05) is 25.6 Å². The lowest BCUT2D eigenvalue weighted by molar-refractivity contribution is -0.0931. The van der Waals surface area contributed by atoms with E-state index < -0.39 is 0 Å². The molecule has 1 aliphatic rings. The van der Waals surface area contributed by atoms with Crippen molar-refractivity contribution in [1.29, 1.82) is 0 Å². The van der Waals surface area contributed by atoms with Crippen molar-refractivity contribution in [2.24, 2.45) is 0 Å². The normalized spacial score (nSPS) is 20.8. The molecule has 0 amide bonds. The molecule has 0 spiro atoms. The van der Waals surface area contributed by atoms with Crippen LogP contribution < -0.4 is 11.3 Å². The Balaban J connectivity index is 2.06. The zero-order chi connectivity index (χ0) is 11.8. The van der Waals surface area contributed by atoms with Gasteiger partial charge in [-0.05, 0) is 0 Å². The van der Waals surface area contributed by atoms with Crippen LogP contribution in [0.25, 0.3) is 11.2 Å². The number of H-pyrrole nitrogens is 2. The van der Waals surface area contributed by atoms with E-state index in [4.69, 9.17) is 15.2 Å². The minimum atomic E-state index is -0.344. The lowest BCUT2D eigenvalue weighted by Crippen LogP contribution is -2.22. The third-order valence-electron chi connectivity index (χ3n) is 2.52. The molecule has 90 valence electrons. The summed E-state index contributed by atoms with van der Waals surface area (Å²) in [4.78, 5) is 25.0. The number of hydrogen-bond acceptors (Lipinski definition) is 6. The molecule has 2 aromatic heterocycles. The molecule has 0 saturated carbocycles. The summed E-state index contributed by atoms with van der Waals surface area (Å²) in [6.07, 6.45) is -0.293. The largest absolute Gasteiger partial charge is 0.376 e. The van der Waals surface area contributed by atoms with Crippen LogP contribution in [-0.2, 0) is 9.47 Å². The molecule has 3 heterocycles. The van der Waals surface area contributed by atoms with Crippen LogP contribution in [0.2, 0.25) is 0 Å². The summed E-state index contributed by atoms with van der Waals surface area (Å²) in [5, 5.41) is 0. The van der Waals surface area contributed by atoms with Gasteiger partial charge >= 0.3 is 0 Å². The van der Waals surface area contributed by atoms with Gasteiger partial charge in [0.15, 0.2) is 11.2 Å². The molecular weight excluding hydrogens is 226 g/mol. The van der Waals surface area contributed by atoms with Crippen molar-refractivity contribution in [3.05, 3.63) is 16.2 Å². The summed E-state index contributed by atoms with van der Waals surface area (Å²) in [6, 6.07) is 0. The molecule has 0 bridgehead atoms. The number of anilines is 1. The second-order valence-corrected chi connectivity index (χ2v) is 3.71. The van der Waals surface area contributed by atoms with Gasteiger partial charge in [-0.2, -0.15) is 4.98 Å². The Labute approximate surface area is 95.2 Å². The summed E-state index contributed by atoms with van der Waals surface area (Å²) in [5.41, 5.74) is 5.67. The number of rotatable bonds is 1. The first-order valence-electron chi connectivity index (χ1n) is 5.19. The maximum atomic E-state index is 11.6. The molecule has 0 aromatic carbocycles. The molecule has 17 heavy (non-hydrogen) atoms. The molecule has 4 N–H and O–H groups in total. The lowest BCUT2D eigenvalue weighted by atomic mass is 10.3. The standard InChI is InChI=1S/C9H11N5O3/c10-9-13-7-5(8(15)14-9)11-6(12-7)4-3-16-1-2-17-4/h4H,1-3H2,(H4,10,11,12,13,14,15). The van der Waals surface area contributed by atoms with Gasteiger partial charge in [-0.1, -0.05) is 0 Å². The summed E-state index contributed by atoms with van der Waals surface area (Å²) < 4.78 is 10.7. The van der Waals surface area contributed by atoms with Gasteiger partial charge < -0.3 is 20.2 Å². The minimum Gasteiger partial charge on any atom is -0.376 e. The van der Waals surface area contributed by atoms with E-state index in [1.165, 1.54) is 0 Å². The van der Waals surface area contributed by atoms with Crippen molar-refractivity contribution in [3.8, 4) is 0 Å². The van der Waals surface area contributed by atoms with Gasteiger partial charge in [-0.3, -0.25) is 9.78 Å². The molecular formula is C9H11N5O3. The molecule has 1 atom stereocenters. The van der Waals surface area contributed by atoms with Gasteiger partial charge in [0, 0.05) is 0 Å². The maximum Gasteiger partial charge on any atom is 0.278 e. The van der Waals surface area contributed by atoms with Crippen molar-refractivity contribution in [2.45, 2.75) is 6.10 Å². The zero-order valence-corrected chi connectivity index (χ0v) is 8.90. The average Bonchev–Trinajstić information content (AvgIpc) is 2.74. The number of nitrogens with zero attached hydrogens (tertiary/aromatic N) is 2. The molecule has 1 fully saturated rings. The molecule has 1 saturated heterocycles. The topological polar surface area (TPSA) is 119 Å². The number of ether oxygens (including phenoxy) is 2. The van der Waals surface area contributed by atoms with E-state index in [0.29, 0.717) is 31.2 Å². The number of aromatic amines is 2. The van der Waals surface area contributed by atoms with Crippen molar-refractivity contribution in [3.63, 3.8) is 0 Å². The number of nitrogens with two attached hydrogens (primary N) is 1. The Morgan fingerprint density at radius 1 is 1.29 bits per heavy atom. The van der Waals surface area contributed by atoms with Crippen molar-refractivity contribution in [1.82, 2.24) is 19.9 Å². The van der Waals surface area contributed by atoms with Gasteiger partial charge in [0.05, 0.1) is 19.8 Å². The van der Waals surface area contributed by atoms with Crippen LogP contribution in [0.3, 0.4) is 0 Å². The van der Waals surface area contributed by atoms with Crippen LogP contribution >= 0.6 is 0 Å². The Kier molecular flexibility index (Phi) is 2.30. The number of nitrogen functional groups attached to an aromatic ring is 1. The number of aromatic nitrogens is 4. The third-order valence-corrected chi connectivity index (χ3v) is 2.52. The fraction of sp³-hybridized carbons (Fsp3) is 0.444. The number of imidazole rings is 1. The van der Waals surface area contributed by atoms with Gasteiger partial charge in [-0.15, -0.1) is 0 Å².